The summed E-state index contributed by atoms with van der Waals surface area (Å²) >= 11 is 0. The van der Waals surface area contributed by atoms with Gasteiger partial charge in [0.05, 0.1) is 31.9 Å². The van der Waals surface area contributed by atoms with E-state index in [4.69, 9.17) is 9.15 Å². The minimum Gasteiger partial charge on any atom is -0.497 e. The molecule has 2 atom stereocenters. The summed E-state index contributed by atoms with van der Waals surface area (Å²) in [5.41, 5.74) is 3.25. The largest absolute Gasteiger partial charge is 0.497 e. The molecule has 166 valence electrons. The van der Waals surface area contributed by atoms with Gasteiger partial charge in [0.25, 0.3) is 0 Å². The predicted octanol–water partition coefficient (Wildman–Crippen LogP) is 3.61. The third kappa shape index (κ3) is 3.90. The van der Waals surface area contributed by atoms with Crippen LogP contribution in [0.2, 0.25) is 0 Å². The van der Waals surface area contributed by atoms with Crippen molar-refractivity contribution in [3.05, 3.63) is 78.0 Å². The Labute approximate surface area is 186 Å². The first-order chi connectivity index (χ1) is 15.6. The molecule has 5 rings (SSSR count). The Morgan fingerprint density at radius 3 is 2.78 bits per heavy atom. The number of nitrogens with zero attached hydrogens (tertiary/aromatic N) is 2. The molecule has 1 N–H and O–H groups in total. The first kappa shape index (κ1) is 20.4. The molecule has 2 aliphatic rings. The Balaban J connectivity index is 1.43. The van der Waals surface area contributed by atoms with Crippen LogP contribution in [0.25, 0.3) is 0 Å². The number of carbonyl (C=O) groups excluding carboxylic acids is 1. The number of hydrogen-bond acceptors (Lipinski definition) is 5. The average Bonchev–Trinajstić information content (AvgIpc) is 3.35. The fourth-order valence-electron chi connectivity index (χ4n) is 4.81. The Morgan fingerprint density at radius 2 is 2.03 bits per heavy atom. The summed E-state index contributed by atoms with van der Waals surface area (Å²) < 4.78 is 24.2. The Hall–Kier alpha value is -3.48. The molecule has 1 amide bonds. The molecule has 0 bridgehead atoms. The highest BCUT2D eigenvalue weighted by molar-refractivity contribution is 5.82. The highest BCUT2D eigenvalue weighted by Crippen LogP contribution is 2.39. The van der Waals surface area contributed by atoms with Crippen molar-refractivity contribution in [3.8, 4) is 5.75 Å². The highest BCUT2D eigenvalue weighted by Gasteiger charge is 2.41. The van der Waals surface area contributed by atoms with Gasteiger partial charge in [-0.15, -0.1) is 0 Å². The molecule has 1 aromatic heterocycles. The van der Waals surface area contributed by atoms with Gasteiger partial charge in [-0.25, -0.2) is 4.39 Å². The van der Waals surface area contributed by atoms with Gasteiger partial charge in [0, 0.05) is 37.1 Å². The number of carbonyl (C=O) groups is 1. The van der Waals surface area contributed by atoms with Crippen molar-refractivity contribution in [1.29, 1.82) is 0 Å². The van der Waals surface area contributed by atoms with Gasteiger partial charge in [0.15, 0.2) is 0 Å². The van der Waals surface area contributed by atoms with Crippen LogP contribution < -0.4 is 19.9 Å². The van der Waals surface area contributed by atoms with Crippen LogP contribution in [-0.2, 0) is 17.8 Å². The van der Waals surface area contributed by atoms with Crippen molar-refractivity contribution in [2.75, 3.05) is 36.5 Å². The number of ether oxygens (including phenoxy) is 1. The van der Waals surface area contributed by atoms with Gasteiger partial charge in [-0.2, -0.15) is 0 Å². The maximum atomic E-state index is 13.4. The van der Waals surface area contributed by atoms with E-state index in [0.717, 1.165) is 41.5 Å². The second-order valence-electron chi connectivity index (χ2n) is 8.29. The van der Waals surface area contributed by atoms with E-state index in [1.165, 1.54) is 12.1 Å². The zero-order chi connectivity index (χ0) is 22.1. The van der Waals surface area contributed by atoms with E-state index in [1.807, 2.05) is 18.2 Å². The number of nitrogens with one attached hydrogen (secondary N) is 1. The van der Waals surface area contributed by atoms with Gasteiger partial charge >= 0.3 is 0 Å². The van der Waals surface area contributed by atoms with Crippen LogP contribution in [0.5, 0.6) is 5.75 Å². The molecule has 2 aliphatic heterocycles. The molecule has 2 aromatic carbocycles. The number of methoxy groups -OCH3 is 1. The molecular weight excluding hydrogens is 409 g/mol. The summed E-state index contributed by atoms with van der Waals surface area (Å²) in [4.78, 5) is 17.9. The number of fused-ring (bicyclic) bond motifs is 3. The second kappa shape index (κ2) is 8.57. The van der Waals surface area contributed by atoms with E-state index >= 15 is 0 Å². The van der Waals surface area contributed by atoms with Gasteiger partial charge in [-0.05, 0) is 54.4 Å². The Bertz CT molecular complexity index is 1080. The number of furan rings is 1. The monoisotopic (exact) mass is 435 g/mol. The van der Waals surface area contributed by atoms with Crippen LogP contribution in [0.4, 0.5) is 15.8 Å². The van der Waals surface area contributed by atoms with Gasteiger partial charge in [-0.1, -0.05) is 6.07 Å². The summed E-state index contributed by atoms with van der Waals surface area (Å²) in [7, 11) is 1.67. The number of amides is 1. The summed E-state index contributed by atoms with van der Waals surface area (Å²) in [6.07, 6.45) is 2.26. The molecule has 1 fully saturated rings. The molecule has 6 nitrogen and oxygen atoms in total. The van der Waals surface area contributed by atoms with Crippen molar-refractivity contribution in [2.45, 2.75) is 19.0 Å². The standard InChI is InChI=1S/C25H26FN3O3/c1-31-20-9-4-17-13-22(25(30)27-15-21-3-2-12-32-21)24-16-28(10-11-29(24)23(17)14-20)19-7-5-18(26)6-8-19/h2-9,12,14,22,24H,10-11,13,15-16H2,1H3,(H,27,30)/t22-,24+/m0/s1. The van der Waals surface area contributed by atoms with E-state index in [-0.39, 0.29) is 23.7 Å². The van der Waals surface area contributed by atoms with Crippen molar-refractivity contribution in [3.63, 3.8) is 0 Å². The number of anilines is 2. The molecule has 0 spiro atoms. The summed E-state index contributed by atoms with van der Waals surface area (Å²) in [6.45, 7) is 2.61. The average molecular weight is 435 g/mol. The zero-order valence-corrected chi connectivity index (χ0v) is 18.0. The second-order valence-corrected chi connectivity index (χ2v) is 8.29. The first-order valence-electron chi connectivity index (χ1n) is 10.9. The normalized spacial score (nSPS) is 19.8. The lowest BCUT2D eigenvalue weighted by atomic mass is 9.83. The summed E-state index contributed by atoms with van der Waals surface area (Å²) in [6, 6.07) is 16.3. The third-order valence-corrected chi connectivity index (χ3v) is 6.47. The fraction of sp³-hybridized carbons (Fsp3) is 0.320. The molecule has 32 heavy (non-hydrogen) atoms. The van der Waals surface area contributed by atoms with E-state index in [0.29, 0.717) is 19.5 Å². The number of halogens is 1. The van der Waals surface area contributed by atoms with Crippen LogP contribution in [0.3, 0.4) is 0 Å². The Morgan fingerprint density at radius 1 is 1.19 bits per heavy atom. The molecule has 0 unspecified atom stereocenters. The first-order valence-corrected chi connectivity index (χ1v) is 10.9. The van der Waals surface area contributed by atoms with E-state index in [9.17, 15) is 9.18 Å². The minimum atomic E-state index is -0.249. The number of rotatable bonds is 5. The molecule has 3 aromatic rings. The lowest BCUT2D eigenvalue weighted by molar-refractivity contribution is -0.126. The molecule has 3 heterocycles. The predicted molar refractivity (Wildman–Crippen MR) is 120 cm³/mol. The van der Waals surface area contributed by atoms with Gasteiger partial charge in [0.1, 0.15) is 17.3 Å². The summed E-state index contributed by atoms with van der Waals surface area (Å²) in [5.74, 6) is 1.09. The molecule has 7 heteroatoms. The lowest BCUT2D eigenvalue weighted by Gasteiger charge is -2.49. The van der Waals surface area contributed by atoms with Gasteiger partial charge in [0.2, 0.25) is 5.91 Å². The SMILES string of the molecule is COc1ccc2c(c1)N1CCN(c3ccc(F)cc3)C[C@@H]1[C@@H](C(=O)NCc1ccco1)C2. The maximum Gasteiger partial charge on any atom is 0.225 e. The van der Waals surface area contributed by atoms with Crippen LogP contribution in [0.1, 0.15) is 11.3 Å². The molecule has 0 aliphatic carbocycles. The molecule has 0 radical (unpaired) electrons. The van der Waals surface area contributed by atoms with Gasteiger partial charge < -0.3 is 24.3 Å². The van der Waals surface area contributed by atoms with Crippen LogP contribution in [-0.4, -0.2) is 38.7 Å². The maximum absolute atomic E-state index is 13.4. The van der Waals surface area contributed by atoms with Crippen molar-refractivity contribution >= 4 is 17.3 Å². The highest BCUT2D eigenvalue weighted by atomic mass is 19.1. The van der Waals surface area contributed by atoms with Crippen molar-refractivity contribution in [1.82, 2.24) is 5.32 Å². The zero-order valence-electron chi connectivity index (χ0n) is 18.0. The molecular formula is C25H26FN3O3. The smallest absolute Gasteiger partial charge is 0.225 e. The quantitative estimate of drug-likeness (QED) is 0.664. The number of hydrogen-bond donors (Lipinski definition) is 1. The van der Waals surface area contributed by atoms with Crippen LogP contribution >= 0.6 is 0 Å². The van der Waals surface area contributed by atoms with Crippen molar-refractivity contribution < 1.29 is 18.3 Å². The number of piperazine rings is 1. The fourth-order valence-corrected chi connectivity index (χ4v) is 4.81. The minimum absolute atomic E-state index is 0.00925. The van der Waals surface area contributed by atoms with Crippen LogP contribution in [0.15, 0.2) is 65.3 Å². The van der Waals surface area contributed by atoms with E-state index < -0.39 is 0 Å². The number of benzene rings is 2. The molecule has 1 saturated heterocycles. The Kier molecular flexibility index (Phi) is 5.47. The van der Waals surface area contributed by atoms with E-state index in [2.05, 4.69) is 27.2 Å². The summed E-state index contributed by atoms with van der Waals surface area (Å²) in [5, 5.41) is 3.05. The van der Waals surface area contributed by atoms with Gasteiger partial charge in [-0.3, -0.25) is 4.79 Å². The lowest BCUT2D eigenvalue weighted by Crippen LogP contribution is -2.61. The molecule has 0 saturated carbocycles. The third-order valence-electron chi connectivity index (χ3n) is 6.47. The van der Waals surface area contributed by atoms with Crippen LogP contribution in [0, 0.1) is 11.7 Å². The van der Waals surface area contributed by atoms with Crippen molar-refractivity contribution in [2.24, 2.45) is 5.92 Å². The topological polar surface area (TPSA) is 58.0 Å². The van der Waals surface area contributed by atoms with E-state index in [1.54, 1.807) is 25.5 Å².